The molecule has 0 bridgehead atoms. The Morgan fingerprint density at radius 3 is 2.39 bits per heavy atom. The molecule has 3 N–H and O–H groups in total. The van der Waals surface area contributed by atoms with E-state index in [9.17, 15) is 5.11 Å². The van der Waals surface area contributed by atoms with Crippen LogP contribution in [0.2, 0.25) is 0 Å². The molecule has 1 aromatic rings. The Morgan fingerprint density at radius 2 is 1.83 bits per heavy atom. The molecule has 1 fully saturated rings. The molecule has 1 aromatic carbocycles. The third-order valence-electron chi connectivity index (χ3n) is 4.25. The van der Waals surface area contributed by atoms with Crippen molar-refractivity contribution in [2.24, 2.45) is 5.73 Å². The fraction of sp³-hybridized carbons (Fsp3) is 0.600. The average molecular weight is 249 g/mol. The van der Waals surface area contributed by atoms with Gasteiger partial charge in [-0.15, -0.1) is 0 Å². The van der Waals surface area contributed by atoms with Gasteiger partial charge >= 0.3 is 0 Å². The number of phenolic OH excluding ortho intramolecular Hbond substituents is 1. The van der Waals surface area contributed by atoms with Crippen LogP contribution >= 0.6 is 0 Å². The van der Waals surface area contributed by atoms with Crippen molar-refractivity contribution in [1.29, 1.82) is 0 Å². The summed E-state index contributed by atoms with van der Waals surface area (Å²) in [5.41, 5.74) is 9.07. The van der Waals surface area contributed by atoms with E-state index in [4.69, 9.17) is 10.5 Å². The second-order valence-corrected chi connectivity index (χ2v) is 5.46. The number of aromatic hydroxyl groups is 1. The minimum atomic E-state index is -0.395. The number of hydrogen-bond donors (Lipinski definition) is 2. The number of ether oxygens (including phenoxy) is 1. The normalized spacial score (nSPS) is 18.7. The molecule has 0 aliphatic heterocycles. The quantitative estimate of drug-likeness (QED) is 0.846. The van der Waals surface area contributed by atoms with Gasteiger partial charge in [0.2, 0.25) is 0 Å². The van der Waals surface area contributed by atoms with Gasteiger partial charge < -0.3 is 15.6 Å². The van der Waals surface area contributed by atoms with Gasteiger partial charge in [0.1, 0.15) is 0 Å². The van der Waals surface area contributed by atoms with E-state index in [1.807, 2.05) is 19.9 Å². The zero-order chi connectivity index (χ0) is 13.3. The summed E-state index contributed by atoms with van der Waals surface area (Å²) >= 11 is 0. The minimum Gasteiger partial charge on any atom is -0.504 e. The maximum atomic E-state index is 10.4. The predicted octanol–water partition coefficient (Wildman–Crippen LogP) is 3.14. The van der Waals surface area contributed by atoms with Crippen LogP contribution in [0.4, 0.5) is 0 Å². The lowest BCUT2D eigenvalue weighted by Crippen LogP contribution is -2.38. The predicted molar refractivity (Wildman–Crippen MR) is 73.1 cm³/mol. The van der Waals surface area contributed by atoms with E-state index in [-0.39, 0.29) is 5.75 Å². The number of methoxy groups -OCH3 is 1. The maximum absolute atomic E-state index is 10.4. The fourth-order valence-corrected chi connectivity index (χ4v) is 2.95. The van der Waals surface area contributed by atoms with Crippen molar-refractivity contribution in [3.63, 3.8) is 0 Å². The van der Waals surface area contributed by atoms with Crippen molar-refractivity contribution >= 4 is 0 Å². The molecule has 0 aromatic heterocycles. The molecule has 0 heterocycles. The van der Waals surface area contributed by atoms with Crippen molar-refractivity contribution in [2.45, 2.75) is 51.5 Å². The molecule has 0 unspecified atom stereocenters. The van der Waals surface area contributed by atoms with Crippen molar-refractivity contribution < 1.29 is 9.84 Å². The molecule has 0 atom stereocenters. The highest BCUT2D eigenvalue weighted by Gasteiger charge is 2.33. The molecule has 0 radical (unpaired) electrons. The second kappa shape index (κ2) is 4.81. The summed E-state index contributed by atoms with van der Waals surface area (Å²) in [4.78, 5) is 0. The Bertz CT molecular complexity index is 448. The number of phenols is 1. The lowest BCUT2D eigenvalue weighted by Gasteiger charge is -2.35. The Labute approximate surface area is 109 Å². The molecule has 0 saturated heterocycles. The van der Waals surface area contributed by atoms with E-state index in [1.54, 1.807) is 7.11 Å². The largest absolute Gasteiger partial charge is 0.504 e. The van der Waals surface area contributed by atoms with Crippen LogP contribution in [0.5, 0.6) is 11.5 Å². The van der Waals surface area contributed by atoms with E-state index in [0.717, 1.165) is 42.4 Å². The molecule has 1 aliphatic carbocycles. The van der Waals surface area contributed by atoms with Gasteiger partial charge in [-0.3, -0.25) is 0 Å². The summed E-state index contributed by atoms with van der Waals surface area (Å²) in [6.45, 7) is 3.99. The molecule has 0 amide bonds. The lowest BCUT2D eigenvalue weighted by molar-refractivity contribution is 0.286. The number of aryl methyl sites for hydroxylation is 1. The van der Waals surface area contributed by atoms with E-state index in [1.165, 1.54) is 6.42 Å². The summed E-state index contributed by atoms with van der Waals surface area (Å²) in [5.74, 6) is 0.797. The summed E-state index contributed by atoms with van der Waals surface area (Å²) in [5, 5.41) is 10.4. The highest BCUT2D eigenvalue weighted by atomic mass is 16.5. The van der Waals surface area contributed by atoms with E-state index >= 15 is 0 Å². The average Bonchev–Trinajstić information content (AvgIpc) is 2.35. The van der Waals surface area contributed by atoms with Crippen LogP contribution in [0.3, 0.4) is 0 Å². The van der Waals surface area contributed by atoms with Crippen LogP contribution in [0.15, 0.2) is 6.07 Å². The number of benzene rings is 1. The number of nitrogens with two attached hydrogens (primary N) is 1. The Morgan fingerprint density at radius 1 is 1.22 bits per heavy atom. The molecule has 2 rings (SSSR count). The second-order valence-electron chi connectivity index (χ2n) is 5.46. The van der Waals surface area contributed by atoms with Crippen molar-refractivity contribution in [3.05, 3.63) is 22.8 Å². The topological polar surface area (TPSA) is 55.5 Å². The molecule has 3 nitrogen and oxygen atoms in total. The first-order valence-electron chi connectivity index (χ1n) is 6.66. The lowest BCUT2D eigenvalue weighted by atomic mass is 9.76. The van der Waals surface area contributed by atoms with E-state index < -0.39 is 5.54 Å². The third-order valence-corrected chi connectivity index (χ3v) is 4.25. The van der Waals surface area contributed by atoms with Gasteiger partial charge in [0.05, 0.1) is 7.11 Å². The van der Waals surface area contributed by atoms with Crippen LogP contribution < -0.4 is 10.5 Å². The van der Waals surface area contributed by atoms with Crippen LogP contribution in [-0.2, 0) is 5.54 Å². The Balaban J connectivity index is 2.53. The third kappa shape index (κ3) is 2.07. The van der Waals surface area contributed by atoms with E-state index in [0.29, 0.717) is 5.75 Å². The molecule has 0 spiro atoms. The van der Waals surface area contributed by atoms with Crippen LogP contribution in [0, 0.1) is 13.8 Å². The first kappa shape index (κ1) is 13.2. The van der Waals surface area contributed by atoms with Gasteiger partial charge in [-0.25, -0.2) is 0 Å². The van der Waals surface area contributed by atoms with Gasteiger partial charge in [0.25, 0.3) is 0 Å². The SMILES string of the molecule is COc1c(C)c(C)cc(C2(N)CCCCC2)c1O. The standard InChI is InChI=1S/C15H23NO2/c1-10-9-12(13(17)14(18-3)11(10)2)15(16)7-5-4-6-8-15/h9,17H,4-8,16H2,1-3H3. The van der Waals surface area contributed by atoms with Crippen LogP contribution in [0.1, 0.15) is 48.8 Å². The van der Waals surface area contributed by atoms with Crippen LogP contribution in [0.25, 0.3) is 0 Å². The van der Waals surface area contributed by atoms with Gasteiger partial charge in [0, 0.05) is 11.1 Å². The molecule has 1 aliphatic rings. The molecule has 1 saturated carbocycles. The first-order valence-corrected chi connectivity index (χ1v) is 6.66. The highest BCUT2D eigenvalue weighted by Crippen LogP contribution is 2.44. The smallest absolute Gasteiger partial charge is 0.164 e. The van der Waals surface area contributed by atoms with Crippen molar-refractivity contribution in [1.82, 2.24) is 0 Å². The van der Waals surface area contributed by atoms with Gasteiger partial charge in [-0.1, -0.05) is 19.3 Å². The molecular formula is C15H23NO2. The summed E-state index contributed by atoms with van der Waals surface area (Å²) < 4.78 is 5.33. The highest BCUT2D eigenvalue weighted by molar-refractivity contribution is 5.56. The van der Waals surface area contributed by atoms with Gasteiger partial charge in [-0.2, -0.15) is 0 Å². The number of hydrogen-bond acceptors (Lipinski definition) is 3. The molecule has 18 heavy (non-hydrogen) atoms. The minimum absolute atomic E-state index is 0.227. The van der Waals surface area contributed by atoms with E-state index in [2.05, 4.69) is 0 Å². The van der Waals surface area contributed by atoms with Gasteiger partial charge in [0.15, 0.2) is 11.5 Å². The first-order chi connectivity index (χ1) is 8.49. The van der Waals surface area contributed by atoms with Crippen molar-refractivity contribution in [3.8, 4) is 11.5 Å². The van der Waals surface area contributed by atoms with Crippen molar-refractivity contribution in [2.75, 3.05) is 7.11 Å². The maximum Gasteiger partial charge on any atom is 0.164 e. The van der Waals surface area contributed by atoms with Crippen LogP contribution in [-0.4, -0.2) is 12.2 Å². The Hall–Kier alpha value is -1.22. The molecular weight excluding hydrogens is 226 g/mol. The molecule has 100 valence electrons. The fourth-order valence-electron chi connectivity index (χ4n) is 2.95. The number of rotatable bonds is 2. The monoisotopic (exact) mass is 249 g/mol. The Kier molecular flexibility index (Phi) is 3.53. The molecule has 3 heteroatoms. The summed E-state index contributed by atoms with van der Waals surface area (Å²) in [6.07, 6.45) is 5.37. The summed E-state index contributed by atoms with van der Waals surface area (Å²) in [6, 6.07) is 2.03. The zero-order valence-electron chi connectivity index (χ0n) is 11.5. The zero-order valence-corrected chi connectivity index (χ0v) is 11.5. The van der Waals surface area contributed by atoms with Gasteiger partial charge in [-0.05, 0) is 43.9 Å². The summed E-state index contributed by atoms with van der Waals surface area (Å²) in [7, 11) is 1.59.